The third kappa shape index (κ3) is 8.36. The summed E-state index contributed by atoms with van der Waals surface area (Å²) in [5.74, 6) is -0.874. The van der Waals surface area contributed by atoms with Crippen LogP contribution < -0.4 is 21.3 Å². The largest absolute Gasteiger partial charge is 0.465 e. The van der Waals surface area contributed by atoms with Crippen molar-refractivity contribution >= 4 is 50.1 Å². The Bertz CT molecular complexity index is 2550. The van der Waals surface area contributed by atoms with Gasteiger partial charge < -0.3 is 23.6 Å². The SMILES string of the molecule is COC(=O)c1cc(-c2cccn2C)c(C)cc1NC(=O)Oc1ccc(Cl)cc1.Cc1cc2[nH]c(=O)n(CS(C)(=O)=O)c(=O)c2cc1-c1cccn1C. The number of anilines is 1. The molecule has 0 saturated carbocycles. The highest BCUT2D eigenvalue weighted by Gasteiger charge is 2.20. The van der Waals surface area contributed by atoms with Crippen LogP contribution in [-0.4, -0.2) is 52.5 Å². The molecule has 0 aliphatic rings. The highest BCUT2D eigenvalue weighted by Crippen LogP contribution is 2.31. The lowest BCUT2D eigenvalue weighted by molar-refractivity contribution is 0.0602. The number of carbonyl (C=O) groups excluding carboxylic acids is 2. The lowest BCUT2D eigenvalue weighted by Gasteiger charge is -2.15. The van der Waals surface area contributed by atoms with Gasteiger partial charge in [-0.1, -0.05) is 11.6 Å². The average molecular weight is 746 g/mol. The zero-order chi connectivity index (χ0) is 37.9. The minimum Gasteiger partial charge on any atom is -0.465 e. The van der Waals surface area contributed by atoms with E-state index in [4.69, 9.17) is 21.1 Å². The smallest absolute Gasteiger partial charge is 0.417 e. The number of ether oxygens (including phenoxy) is 2. The summed E-state index contributed by atoms with van der Waals surface area (Å²) in [5.41, 5.74) is 4.96. The van der Waals surface area contributed by atoms with Gasteiger partial charge in [0, 0.05) is 60.3 Å². The molecule has 0 spiro atoms. The minimum atomic E-state index is -3.52. The summed E-state index contributed by atoms with van der Waals surface area (Å²) in [6.07, 6.45) is 4.07. The minimum absolute atomic E-state index is 0.234. The average Bonchev–Trinajstić information content (AvgIpc) is 3.71. The molecular weight excluding hydrogens is 710 g/mol. The number of nitrogens with one attached hydrogen (secondary N) is 2. The first-order chi connectivity index (χ1) is 24.6. The van der Waals surface area contributed by atoms with E-state index in [1.165, 1.54) is 7.11 Å². The fourth-order valence-electron chi connectivity index (χ4n) is 5.63. The molecule has 0 bridgehead atoms. The molecule has 270 valence electrons. The van der Waals surface area contributed by atoms with Gasteiger partial charge in [-0.25, -0.2) is 27.4 Å². The first kappa shape index (κ1) is 37.4. The molecule has 0 radical (unpaired) electrons. The molecule has 0 fully saturated rings. The summed E-state index contributed by atoms with van der Waals surface area (Å²) in [6.45, 7) is 3.79. The molecule has 3 aromatic heterocycles. The van der Waals surface area contributed by atoms with E-state index in [1.54, 1.807) is 48.5 Å². The maximum atomic E-state index is 12.6. The first-order valence-corrected chi connectivity index (χ1v) is 18.2. The molecule has 3 heterocycles. The van der Waals surface area contributed by atoms with Crippen molar-refractivity contribution < 1.29 is 27.5 Å². The number of carbonyl (C=O) groups is 2. The van der Waals surface area contributed by atoms with Crippen LogP contribution in [0.4, 0.5) is 10.5 Å². The number of aryl methyl sites for hydroxylation is 4. The Labute approximate surface area is 303 Å². The van der Waals surface area contributed by atoms with Crippen LogP contribution in [0, 0.1) is 13.8 Å². The molecule has 2 N–H and O–H groups in total. The summed E-state index contributed by atoms with van der Waals surface area (Å²) < 4.78 is 37.7. The number of aromatic amines is 1. The number of rotatable bonds is 7. The monoisotopic (exact) mass is 745 g/mol. The third-order valence-corrected chi connectivity index (χ3v) is 9.14. The number of hydrogen-bond acceptors (Lipinski definition) is 8. The second-order valence-corrected chi connectivity index (χ2v) is 14.7. The Hall–Kier alpha value is -5.86. The van der Waals surface area contributed by atoms with Crippen LogP contribution in [-0.2, 0) is 34.5 Å². The summed E-state index contributed by atoms with van der Waals surface area (Å²) in [4.78, 5) is 51.8. The van der Waals surface area contributed by atoms with E-state index in [-0.39, 0.29) is 10.9 Å². The molecule has 6 aromatic rings. The summed E-state index contributed by atoms with van der Waals surface area (Å²) in [5, 5.41) is 3.43. The van der Waals surface area contributed by atoms with Crippen molar-refractivity contribution in [3.63, 3.8) is 0 Å². The molecule has 52 heavy (non-hydrogen) atoms. The Morgan fingerprint density at radius 1 is 0.865 bits per heavy atom. The Morgan fingerprint density at radius 2 is 1.44 bits per heavy atom. The van der Waals surface area contributed by atoms with E-state index in [2.05, 4.69) is 10.3 Å². The maximum Gasteiger partial charge on any atom is 0.417 e. The van der Waals surface area contributed by atoms with Crippen LogP contribution in [0.3, 0.4) is 0 Å². The number of amides is 1. The quantitative estimate of drug-likeness (QED) is 0.186. The second-order valence-electron chi connectivity index (χ2n) is 12.1. The van der Waals surface area contributed by atoms with Crippen molar-refractivity contribution in [2.45, 2.75) is 19.7 Å². The molecule has 13 nitrogen and oxygen atoms in total. The van der Waals surface area contributed by atoms with E-state index in [0.717, 1.165) is 39.9 Å². The van der Waals surface area contributed by atoms with Crippen molar-refractivity contribution in [1.82, 2.24) is 18.7 Å². The normalized spacial score (nSPS) is 11.1. The lowest BCUT2D eigenvalue weighted by atomic mass is 10.00. The molecule has 0 aliphatic heterocycles. The number of nitrogens with zero attached hydrogens (tertiary/aromatic N) is 3. The number of halogens is 1. The van der Waals surface area contributed by atoms with Crippen molar-refractivity contribution in [1.29, 1.82) is 0 Å². The van der Waals surface area contributed by atoms with Gasteiger partial charge in [0.05, 0.1) is 29.3 Å². The van der Waals surface area contributed by atoms with E-state index in [0.29, 0.717) is 26.5 Å². The van der Waals surface area contributed by atoms with E-state index >= 15 is 0 Å². The van der Waals surface area contributed by atoms with Gasteiger partial charge in [0.15, 0.2) is 9.84 Å². The zero-order valence-electron chi connectivity index (χ0n) is 29.2. The van der Waals surface area contributed by atoms with Gasteiger partial charge in [-0.2, -0.15) is 0 Å². The predicted molar refractivity (Wildman–Crippen MR) is 201 cm³/mol. The van der Waals surface area contributed by atoms with Crippen LogP contribution in [0.5, 0.6) is 5.75 Å². The molecule has 0 saturated heterocycles. The molecule has 1 amide bonds. The number of sulfone groups is 1. The van der Waals surface area contributed by atoms with Crippen LogP contribution in [0.15, 0.2) is 94.8 Å². The number of hydrogen-bond donors (Lipinski definition) is 2. The topological polar surface area (TPSA) is 163 Å². The Kier molecular flexibility index (Phi) is 10.9. The number of esters is 1. The van der Waals surface area contributed by atoms with Gasteiger partial charge in [0.25, 0.3) is 5.56 Å². The van der Waals surface area contributed by atoms with Crippen molar-refractivity contribution in [3.05, 3.63) is 128 Å². The Balaban J connectivity index is 0.000000203. The van der Waals surface area contributed by atoms with Crippen molar-refractivity contribution in [3.8, 4) is 28.3 Å². The van der Waals surface area contributed by atoms with Gasteiger partial charge in [0.2, 0.25) is 0 Å². The summed E-state index contributed by atoms with van der Waals surface area (Å²) in [6, 6.07) is 20.9. The van der Waals surface area contributed by atoms with Crippen LogP contribution in [0.1, 0.15) is 21.5 Å². The van der Waals surface area contributed by atoms with Gasteiger partial charge in [0.1, 0.15) is 11.6 Å². The lowest BCUT2D eigenvalue weighted by Crippen LogP contribution is -2.37. The van der Waals surface area contributed by atoms with Crippen LogP contribution in [0.2, 0.25) is 5.02 Å². The molecule has 0 unspecified atom stereocenters. The van der Waals surface area contributed by atoms with Gasteiger partial charge in [-0.05, 0) is 97.8 Å². The number of H-pyrrole nitrogens is 1. The molecule has 3 aromatic carbocycles. The van der Waals surface area contributed by atoms with Gasteiger partial charge in [-0.3, -0.25) is 10.1 Å². The predicted octanol–water partition coefficient (Wildman–Crippen LogP) is 6.06. The van der Waals surface area contributed by atoms with Crippen molar-refractivity contribution in [2.75, 3.05) is 18.7 Å². The number of methoxy groups -OCH3 is 1. The van der Waals surface area contributed by atoms with E-state index in [9.17, 15) is 27.6 Å². The molecule has 6 rings (SSSR count). The summed E-state index contributed by atoms with van der Waals surface area (Å²) in [7, 11) is 1.59. The van der Waals surface area contributed by atoms with Gasteiger partial charge >= 0.3 is 17.8 Å². The standard InChI is InChI=1S/C21H19ClN2O4.C16H17N3O4S/c1-13-11-18(23-21(26)28-15-8-6-14(22)7-9-15)17(20(25)27-3)12-16(13)19-5-4-10-24(19)2;1-10-7-13-12(8-11(10)14-5-4-6-18(14)2)15(20)19(16(21)17-13)9-24(3,22)23/h4-12H,1-3H3,(H,23,26);4-8H,9H2,1-3H3,(H,17,21). The van der Waals surface area contributed by atoms with Gasteiger partial charge in [-0.15, -0.1) is 0 Å². The fraction of sp³-hybridized carbons (Fsp3) is 0.189. The highest BCUT2D eigenvalue weighted by molar-refractivity contribution is 7.89. The van der Waals surface area contributed by atoms with E-state index < -0.39 is 39.0 Å². The number of aromatic nitrogens is 4. The molecule has 15 heteroatoms. The first-order valence-electron chi connectivity index (χ1n) is 15.7. The highest BCUT2D eigenvalue weighted by atomic mass is 35.5. The number of fused-ring (bicyclic) bond motifs is 1. The molecule has 0 aliphatic carbocycles. The summed E-state index contributed by atoms with van der Waals surface area (Å²) >= 11 is 5.83. The Morgan fingerprint density at radius 3 is 1.98 bits per heavy atom. The molecule has 0 atom stereocenters. The van der Waals surface area contributed by atoms with E-state index in [1.807, 2.05) is 73.7 Å². The van der Waals surface area contributed by atoms with Crippen LogP contribution >= 0.6 is 11.6 Å². The maximum absolute atomic E-state index is 12.6. The fourth-order valence-corrected chi connectivity index (χ4v) is 6.46. The number of benzene rings is 3. The third-order valence-electron chi connectivity index (χ3n) is 8.16. The van der Waals surface area contributed by atoms with Crippen molar-refractivity contribution in [2.24, 2.45) is 14.1 Å². The molecular formula is C37H36ClN5O8S. The van der Waals surface area contributed by atoms with Crippen LogP contribution in [0.25, 0.3) is 33.4 Å². The second kappa shape index (κ2) is 15.2. The zero-order valence-corrected chi connectivity index (χ0v) is 30.8.